The summed E-state index contributed by atoms with van der Waals surface area (Å²) in [6.07, 6.45) is -2.76. The van der Waals surface area contributed by atoms with Gasteiger partial charge in [0.2, 0.25) is 5.79 Å². The van der Waals surface area contributed by atoms with Gasteiger partial charge in [-0.1, -0.05) is 152 Å². The number of carbonyl (C=O) groups is 1. The zero-order valence-electron chi connectivity index (χ0n) is 31.2. The number of hydroxylamine groups is 2. The molecule has 2 aliphatic heterocycles. The van der Waals surface area contributed by atoms with Gasteiger partial charge in [0.15, 0.2) is 0 Å². The number of nitrogens with zero attached hydrogens (tertiary/aromatic N) is 1. The second kappa shape index (κ2) is 19.2. The summed E-state index contributed by atoms with van der Waals surface area (Å²) in [6.45, 7) is 3.72. The topological polar surface area (TPSA) is 84.9 Å². The van der Waals surface area contributed by atoms with Crippen LogP contribution in [0.5, 0.6) is 0 Å². The van der Waals surface area contributed by atoms with Crippen molar-refractivity contribution in [2.45, 2.75) is 82.6 Å². The lowest BCUT2D eigenvalue weighted by Crippen LogP contribution is -2.67. The van der Waals surface area contributed by atoms with Gasteiger partial charge in [-0.2, -0.15) is 5.06 Å². The third-order valence-corrected chi connectivity index (χ3v) is 9.85. The van der Waals surface area contributed by atoms with Gasteiger partial charge < -0.3 is 28.4 Å². The first-order valence-corrected chi connectivity index (χ1v) is 19.0. The minimum absolute atomic E-state index is 0.129. The molecule has 1 spiro atoms. The largest absolute Gasteiger partial charge is 0.465 e. The molecule has 0 saturated carbocycles. The van der Waals surface area contributed by atoms with Crippen molar-refractivity contribution in [3.63, 3.8) is 0 Å². The molecule has 0 unspecified atom stereocenters. The lowest BCUT2D eigenvalue weighted by atomic mass is 9.88. The molecule has 5 aromatic rings. The van der Waals surface area contributed by atoms with Crippen LogP contribution < -0.4 is 0 Å². The van der Waals surface area contributed by atoms with Crippen molar-refractivity contribution in [2.24, 2.45) is 0 Å². The second-order valence-electron chi connectivity index (χ2n) is 13.8. The normalized spacial score (nSPS) is 23.8. The fourth-order valence-corrected chi connectivity index (χ4v) is 7.17. The van der Waals surface area contributed by atoms with Crippen molar-refractivity contribution in [3.8, 4) is 0 Å². The molecule has 2 aliphatic rings. The van der Waals surface area contributed by atoms with Crippen LogP contribution in [0, 0.1) is 0 Å². The number of ether oxygens (including phenoxy) is 6. The summed E-state index contributed by atoms with van der Waals surface area (Å²) in [5, 5.41) is 1.67. The van der Waals surface area contributed by atoms with E-state index in [-0.39, 0.29) is 32.8 Å². The van der Waals surface area contributed by atoms with Crippen LogP contribution in [0.2, 0.25) is 0 Å². The zero-order valence-corrected chi connectivity index (χ0v) is 31.2. The highest BCUT2D eigenvalue weighted by Gasteiger charge is 2.64. The Bertz CT molecular complexity index is 1870. The van der Waals surface area contributed by atoms with Crippen molar-refractivity contribution in [1.29, 1.82) is 0 Å². The van der Waals surface area contributed by atoms with E-state index in [1.165, 1.54) is 0 Å². The van der Waals surface area contributed by atoms with Gasteiger partial charge in [0, 0.05) is 6.42 Å². The van der Waals surface area contributed by atoms with Crippen molar-refractivity contribution in [3.05, 3.63) is 179 Å². The highest BCUT2D eigenvalue weighted by atomic mass is 16.8. The van der Waals surface area contributed by atoms with Crippen LogP contribution in [-0.2, 0) is 71.0 Å². The Morgan fingerprint density at radius 3 is 1.58 bits per heavy atom. The fraction of sp³-hybridized carbons (Fsp3) is 0.326. The van der Waals surface area contributed by atoms with E-state index in [0.717, 1.165) is 27.8 Å². The molecule has 9 nitrogen and oxygen atoms in total. The van der Waals surface area contributed by atoms with Gasteiger partial charge in [0.05, 0.1) is 46.2 Å². The molecule has 7 rings (SSSR count). The standard InChI is InChI=1S/C46H49NO8/c1-2-50-45(48)40-28-46(55-47(40)29-35-18-8-3-9-19-35)44(53-33-39-26-16-7-17-27-39)43(52-32-38-24-14-6-15-25-38)42(51-31-37-22-12-5-13-23-37)41(54-46)34-49-30-36-20-10-4-11-21-36/h3-27,40-44H,2,28-34H2,1H3/t40-,41-,42+,43+,44-,46-/m1/s1. The Balaban J connectivity index is 1.28. The van der Waals surface area contributed by atoms with Crippen molar-refractivity contribution < 1.29 is 38.1 Å². The van der Waals surface area contributed by atoms with Gasteiger partial charge in [-0.25, -0.2) is 0 Å². The molecule has 55 heavy (non-hydrogen) atoms. The van der Waals surface area contributed by atoms with Crippen LogP contribution in [-0.4, -0.2) is 60.5 Å². The minimum atomic E-state index is -1.48. The Hall–Kier alpha value is -4.71. The lowest BCUT2D eigenvalue weighted by molar-refractivity contribution is -0.408. The summed E-state index contributed by atoms with van der Waals surface area (Å²) in [5.74, 6) is -1.88. The van der Waals surface area contributed by atoms with E-state index in [2.05, 4.69) is 0 Å². The molecule has 6 atom stereocenters. The molecule has 0 amide bonds. The van der Waals surface area contributed by atoms with E-state index in [1.807, 2.05) is 152 Å². The first kappa shape index (κ1) is 38.6. The molecule has 286 valence electrons. The molecule has 2 fully saturated rings. The Kier molecular flexibility index (Phi) is 13.5. The first-order valence-electron chi connectivity index (χ1n) is 19.0. The molecule has 0 N–H and O–H groups in total. The van der Waals surface area contributed by atoms with Crippen LogP contribution in [0.25, 0.3) is 0 Å². The van der Waals surface area contributed by atoms with Crippen LogP contribution in [0.15, 0.2) is 152 Å². The summed E-state index contributed by atoms with van der Waals surface area (Å²) in [6, 6.07) is 49.1. The van der Waals surface area contributed by atoms with Crippen molar-refractivity contribution >= 4 is 5.97 Å². The molecule has 0 radical (unpaired) electrons. The Morgan fingerprint density at radius 2 is 1.07 bits per heavy atom. The number of benzene rings is 5. The molecule has 0 bridgehead atoms. The predicted octanol–water partition coefficient (Wildman–Crippen LogP) is 7.82. The van der Waals surface area contributed by atoms with Gasteiger partial charge in [0.1, 0.15) is 30.5 Å². The van der Waals surface area contributed by atoms with Crippen LogP contribution in [0.3, 0.4) is 0 Å². The van der Waals surface area contributed by atoms with E-state index < -0.39 is 42.2 Å². The molecular formula is C46H49NO8. The summed E-state index contributed by atoms with van der Waals surface area (Å²) in [5.41, 5.74) is 4.96. The fourth-order valence-electron chi connectivity index (χ4n) is 7.17. The molecular weight excluding hydrogens is 695 g/mol. The summed E-state index contributed by atoms with van der Waals surface area (Å²) in [4.78, 5) is 20.7. The number of esters is 1. The van der Waals surface area contributed by atoms with E-state index in [1.54, 1.807) is 12.0 Å². The van der Waals surface area contributed by atoms with E-state index in [0.29, 0.717) is 19.8 Å². The number of carbonyl (C=O) groups excluding carboxylic acids is 1. The Morgan fingerprint density at radius 1 is 0.618 bits per heavy atom. The summed E-state index contributed by atoms with van der Waals surface area (Å²) >= 11 is 0. The zero-order chi connectivity index (χ0) is 37.7. The van der Waals surface area contributed by atoms with Crippen LogP contribution in [0.4, 0.5) is 0 Å². The van der Waals surface area contributed by atoms with Gasteiger partial charge in [-0.05, 0) is 34.7 Å². The molecule has 2 heterocycles. The molecule has 2 saturated heterocycles. The quantitative estimate of drug-likeness (QED) is 0.0886. The summed E-state index contributed by atoms with van der Waals surface area (Å²) < 4.78 is 39.9. The molecule has 9 heteroatoms. The second-order valence-corrected chi connectivity index (χ2v) is 13.8. The third-order valence-electron chi connectivity index (χ3n) is 9.85. The van der Waals surface area contributed by atoms with E-state index in [4.69, 9.17) is 33.3 Å². The number of hydrogen-bond acceptors (Lipinski definition) is 9. The van der Waals surface area contributed by atoms with Gasteiger partial charge >= 0.3 is 5.97 Å². The first-order chi connectivity index (χ1) is 27.1. The molecule has 0 aromatic heterocycles. The predicted molar refractivity (Wildman–Crippen MR) is 207 cm³/mol. The maximum atomic E-state index is 13.8. The Labute approximate surface area is 323 Å². The lowest BCUT2D eigenvalue weighted by Gasteiger charge is -2.50. The smallest absolute Gasteiger partial charge is 0.325 e. The van der Waals surface area contributed by atoms with Crippen molar-refractivity contribution in [1.82, 2.24) is 5.06 Å². The number of hydrogen-bond donors (Lipinski definition) is 0. The van der Waals surface area contributed by atoms with E-state index in [9.17, 15) is 4.79 Å². The molecule has 0 aliphatic carbocycles. The maximum Gasteiger partial charge on any atom is 0.325 e. The van der Waals surface area contributed by atoms with Crippen LogP contribution in [0.1, 0.15) is 41.2 Å². The highest BCUT2D eigenvalue weighted by molar-refractivity contribution is 5.76. The van der Waals surface area contributed by atoms with Gasteiger partial charge in [-0.15, -0.1) is 0 Å². The average Bonchev–Trinajstić information content (AvgIpc) is 3.59. The highest BCUT2D eigenvalue weighted by Crippen LogP contribution is 2.46. The van der Waals surface area contributed by atoms with Gasteiger partial charge in [-0.3, -0.25) is 9.63 Å². The van der Waals surface area contributed by atoms with Gasteiger partial charge in [0.25, 0.3) is 0 Å². The average molecular weight is 744 g/mol. The monoisotopic (exact) mass is 743 g/mol. The van der Waals surface area contributed by atoms with Crippen LogP contribution >= 0.6 is 0 Å². The number of rotatable bonds is 17. The van der Waals surface area contributed by atoms with Crippen molar-refractivity contribution in [2.75, 3.05) is 13.2 Å². The maximum absolute atomic E-state index is 13.8. The molecule has 5 aromatic carbocycles. The minimum Gasteiger partial charge on any atom is -0.465 e. The summed E-state index contributed by atoms with van der Waals surface area (Å²) in [7, 11) is 0. The third kappa shape index (κ3) is 10.1. The van der Waals surface area contributed by atoms with E-state index >= 15 is 0 Å². The SMILES string of the molecule is CCOC(=O)[C@H]1C[C@@]2(O[C@H](COCc3ccccc3)[C@H](OCc3ccccc3)[C@H](OCc3ccccc3)[C@H]2OCc2ccccc2)ON1Cc1ccccc1.